The number of anilines is 1. The van der Waals surface area contributed by atoms with Crippen molar-refractivity contribution in [3.8, 4) is 0 Å². The Hall–Kier alpha value is -0.770. The third-order valence-corrected chi connectivity index (χ3v) is 4.41. The Morgan fingerprint density at radius 1 is 1.47 bits per heavy atom. The Labute approximate surface area is 120 Å². The molecule has 0 aromatic heterocycles. The Bertz CT molecular complexity index is 438. The number of aliphatic hydroxyl groups is 1. The maximum atomic E-state index is 9.79. The first-order chi connectivity index (χ1) is 9.02. The largest absolute Gasteiger partial charge is 0.393 e. The number of aliphatic hydroxyl groups excluding tert-OH is 1. The summed E-state index contributed by atoms with van der Waals surface area (Å²) in [5.74, 6) is 0.292. The van der Waals surface area contributed by atoms with Crippen molar-refractivity contribution >= 4 is 17.3 Å². The lowest BCUT2D eigenvalue weighted by Gasteiger charge is -2.36. The zero-order chi connectivity index (χ0) is 14.0. The maximum Gasteiger partial charge on any atom is 0.0642 e. The average Bonchev–Trinajstić information content (AvgIpc) is 2.41. The van der Waals surface area contributed by atoms with Crippen LogP contribution in [0.3, 0.4) is 0 Å². The predicted octanol–water partition coefficient (Wildman–Crippen LogP) is 2.83. The van der Waals surface area contributed by atoms with Crippen LogP contribution in [0.2, 0.25) is 5.02 Å². The van der Waals surface area contributed by atoms with E-state index in [2.05, 4.69) is 36.2 Å². The predicted molar refractivity (Wildman–Crippen MR) is 80.9 cm³/mol. The van der Waals surface area contributed by atoms with E-state index in [1.807, 2.05) is 13.1 Å². The van der Waals surface area contributed by atoms with Gasteiger partial charge in [0, 0.05) is 19.1 Å². The van der Waals surface area contributed by atoms with Crippen LogP contribution in [0, 0.1) is 5.92 Å². The molecule has 0 radical (unpaired) electrons. The monoisotopic (exact) mass is 282 g/mol. The zero-order valence-corrected chi connectivity index (χ0v) is 12.6. The molecular formula is C15H23ClN2O. The summed E-state index contributed by atoms with van der Waals surface area (Å²) in [4.78, 5) is 2.27. The molecule has 1 saturated heterocycles. The molecule has 0 aliphatic carbocycles. The normalized spacial score (nSPS) is 25.4. The van der Waals surface area contributed by atoms with Crippen LogP contribution in [0.4, 0.5) is 5.69 Å². The second kappa shape index (κ2) is 6.12. The Kier molecular flexibility index (Phi) is 4.71. The molecule has 3 nitrogen and oxygen atoms in total. The molecule has 0 amide bonds. The van der Waals surface area contributed by atoms with E-state index < -0.39 is 0 Å². The number of rotatable bonds is 3. The highest BCUT2D eigenvalue weighted by Gasteiger charge is 2.25. The molecule has 0 saturated carbocycles. The van der Waals surface area contributed by atoms with E-state index in [1.54, 1.807) is 0 Å². The van der Waals surface area contributed by atoms with Crippen LogP contribution in [-0.2, 0) is 0 Å². The molecule has 1 aliphatic heterocycles. The lowest BCUT2D eigenvalue weighted by molar-refractivity contribution is 0.0971. The number of hydrogen-bond donors (Lipinski definition) is 2. The Morgan fingerprint density at radius 3 is 2.79 bits per heavy atom. The molecular weight excluding hydrogens is 260 g/mol. The number of piperidine rings is 1. The molecule has 0 bridgehead atoms. The summed E-state index contributed by atoms with van der Waals surface area (Å²) in [6.07, 6.45) is 0.630. The fraction of sp³-hybridized carbons (Fsp3) is 0.600. The fourth-order valence-corrected chi connectivity index (χ4v) is 2.88. The van der Waals surface area contributed by atoms with E-state index in [4.69, 9.17) is 11.6 Å². The smallest absolute Gasteiger partial charge is 0.0642 e. The number of nitrogens with zero attached hydrogens (tertiary/aromatic N) is 1. The van der Waals surface area contributed by atoms with Crippen LogP contribution in [0.15, 0.2) is 18.2 Å². The lowest BCUT2D eigenvalue weighted by Crippen LogP contribution is -2.42. The fourth-order valence-electron chi connectivity index (χ4n) is 2.57. The van der Waals surface area contributed by atoms with Gasteiger partial charge in [-0.3, -0.25) is 0 Å². The highest BCUT2D eigenvalue weighted by atomic mass is 35.5. The summed E-state index contributed by atoms with van der Waals surface area (Å²) in [6.45, 7) is 5.93. The van der Waals surface area contributed by atoms with Gasteiger partial charge in [0.05, 0.1) is 16.8 Å². The standard InChI is InChI=1S/C15H23ClN2O/c1-10-9-18(7-6-15(10)19)14-5-4-12(8-13(14)16)11(2)17-3/h4-5,8,10-11,15,17,19H,6-7,9H2,1-3H3. The van der Waals surface area contributed by atoms with Gasteiger partial charge >= 0.3 is 0 Å². The van der Waals surface area contributed by atoms with Gasteiger partial charge in [0.2, 0.25) is 0 Å². The number of nitrogens with one attached hydrogen (secondary N) is 1. The molecule has 1 fully saturated rings. The van der Waals surface area contributed by atoms with Crippen molar-refractivity contribution in [3.63, 3.8) is 0 Å². The van der Waals surface area contributed by atoms with Crippen LogP contribution < -0.4 is 10.2 Å². The topological polar surface area (TPSA) is 35.5 Å². The van der Waals surface area contributed by atoms with Gasteiger partial charge in [0.1, 0.15) is 0 Å². The molecule has 19 heavy (non-hydrogen) atoms. The van der Waals surface area contributed by atoms with E-state index in [9.17, 15) is 5.11 Å². The third-order valence-electron chi connectivity index (χ3n) is 4.11. The van der Waals surface area contributed by atoms with Crippen LogP contribution in [0.1, 0.15) is 31.9 Å². The lowest BCUT2D eigenvalue weighted by atomic mass is 9.96. The van der Waals surface area contributed by atoms with Gasteiger partial charge in [0.25, 0.3) is 0 Å². The van der Waals surface area contributed by atoms with Crippen LogP contribution >= 0.6 is 11.6 Å². The van der Waals surface area contributed by atoms with Crippen molar-refractivity contribution in [2.24, 2.45) is 5.92 Å². The molecule has 3 unspecified atom stereocenters. The van der Waals surface area contributed by atoms with Crippen molar-refractivity contribution in [1.29, 1.82) is 0 Å². The number of benzene rings is 1. The summed E-state index contributed by atoms with van der Waals surface area (Å²) in [6, 6.07) is 6.55. The number of hydrogen-bond acceptors (Lipinski definition) is 3. The summed E-state index contributed by atoms with van der Waals surface area (Å²) >= 11 is 6.42. The third kappa shape index (κ3) is 3.22. The van der Waals surface area contributed by atoms with Crippen LogP contribution in [0.5, 0.6) is 0 Å². The van der Waals surface area contributed by atoms with Gasteiger partial charge < -0.3 is 15.3 Å². The molecule has 0 spiro atoms. The quantitative estimate of drug-likeness (QED) is 0.895. The van der Waals surface area contributed by atoms with Crippen LogP contribution in [-0.4, -0.2) is 31.3 Å². The van der Waals surface area contributed by atoms with E-state index in [-0.39, 0.29) is 6.10 Å². The minimum Gasteiger partial charge on any atom is -0.393 e. The van der Waals surface area contributed by atoms with Gasteiger partial charge in [-0.15, -0.1) is 0 Å². The van der Waals surface area contributed by atoms with Crippen molar-refractivity contribution < 1.29 is 5.11 Å². The molecule has 1 heterocycles. The SMILES string of the molecule is CNC(C)c1ccc(N2CCC(O)C(C)C2)c(Cl)c1. The molecule has 106 valence electrons. The van der Waals surface area contributed by atoms with E-state index in [0.29, 0.717) is 12.0 Å². The maximum absolute atomic E-state index is 9.79. The highest BCUT2D eigenvalue weighted by molar-refractivity contribution is 6.33. The van der Waals surface area contributed by atoms with Gasteiger partial charge in [-0.2, -0.15) is 0 Å². The van der Waals surface area contributed by atoms with Crippen LogP contribution in [0.25, 0.3) is 0 Å². The van der Waals surface area contributed by atoms with E-state index in [0.717, 1.165) is 30.2 Å². The first-order valence-corrected chi connectivity index (χ1v) is 7.30. The summed E-state index contributed by atoms with van der Waals surface area (Å²) in [5, 5.41) is 13.8. The molecule has 2 rings (SSSR count). The Morgan fingerprint density at radius 2 is 2.21 bits per heavy atom. The molecule has 3 atom stereocenters. The summed E-state index contributed by atoms with van der Waals surface area (Å²) in [5.41, 5.74) is 2.27. The zero-order valence-electron chi connectivity index (χ0n) is 11.9. The van der Waals surface area contributed by atoms with E-state index >= 15 is 0 Å². The van der Waals surface area contributed by atoms with Crippen molar-refractivity contribution in [2.75, 3.05) is 25.0 Å². The van der Waals surface area contributed by atoms with Crippen molar-refractivity contribution in [3.05, 3.63) is 28.8 Å². The highest BCUT2D eigenvalue weighted by Crippen LogP contribution is 2.31. The van der Waals surface area contributed by atoms with Gasteiger partial charge in [-0.25, -0.2) is 0 Å². The summed E-state index contributed by atoms with van der Waals surface area (Å²) in [7, 11) is 1.94. The second-order valence-electron chi connectivity index (χ2n) is 5.50. The first-order valence-electron chi connectivity index (χ1n) is 6.92. The first kappa shape index (κ1) is 14.6. The number of halogens is 1. The average molecular weight is 283 g/mol. The minimum absolute atomic E-state index is 0.182. The molecule has 1 aromatic carbocycles. The molecule has 1 aromatic rings. The molecule has 1 aliphatic rings. The van der Waals surface area contributed by atoms with Gasteiger partial charge in [0.15, 0.2) is 0 Å². The molecule has 4 heteroatoms. The Balaban J connectivity index is 2.17. The minimum atomic E-state index is -0.182. The van der Waals surface area contributed by atoms with Gasteiger partial charge in [-0.05, 0) is 44.0 Å². The van der Waals surface area contributed by atoms with Crippen molar-refractivity contribution in [1.82, 2.24) is 5.32 Å². The molecule has 2 N–H and O–H groups in total. The second-order valence-corrected chi connectivity index (χ2v) is 5.91. The summed E-state index contributed by atoms with van der Waals surface area (Å²) < 4.78 is 0. The van der Waals surface area contributed by atoms with E-state index in [1.165, 1.54) is 5.56 Å². The van der Waals surface area contributed by atoms with Gasteiger partial charge in [-0.1, -0.05) is 24.6 Å². The van der Waals surface area contributed by atoms with Crippen molar-refractivity contribution in [2.45, 2.75) is 32.4 Å².